The normalized spacial score (nSPS) is 18.7. The Morgan fingerprint density at radius 2 is 2.14 bits per heavy atom. The van der Waals surface area contributed by atoms with Crippen molar-refractivity contribution in [2.75, 3.05) is 13.1 Å². The predicted octanol–water partition coefficient (Wildman–Crippen LogP) is 2.53. The maximum Gasteiger partial charge on any atom is 0.254 e. The molecular weight excluding hydrogens is 262 g/mol. The molecule has 2 aromatic rings. The van der Waals surface area contributed by atoms with Gasteiger partial charge in [0.05, 0.1) is 11.1 Å². The van der Waals surface area contributed by atoms with E-state index >= 15 is 0 Å². The van der Waals surface area contributed by atoms with E-state index in [0.29, 0.717) is 12.5 Å². The van der Waals surface area contributed by atoms with Crippen molar-refractivity contribution in [1.29, 1.82) is 0 Å². The monoisotopic (exact) mass is 283 g/mol. The van der Waals surface area contributed by atoms with E-state index in [2.05, 4.69) is 18.8 Å². The lowest BCUT2D eigenvalue weighted by Gasteiger charge is -2.18. The summed E-state index contributed by atoms with van der Waals surface area (Å²) in [6.45, 7) is 5.58. The van der Waals surface area contributed by atoms with Gasteiger partial charge in [-0.3, -0.25) is 9.78 Å². The first-order valence-corrected chi connectivity index (χ1v) is 7.51. The van der Waals surface area contributed by atoms with Crippen molar-refractivity contribution >= 4 is 16.8 Å². The summed E-state index contributed by atoms with van der Waals surface area (Å²) in [5.41, 5.74) is 8.52. The van der Waals surface area contributed by atoms with Crippen LogP contribution in [0.4, 0.5) is 0 Å². The van der Waals surface area contributed by atoms with E-state index in [0.717, 1.165) is 35.1 Å². The molecule has 1 aromatic heterocycles. The van der Waals surface area contributed by atoms with E-state index in [1.165, 1.54) is 0 Å². The van der Waals surface area contributed by atoms with Crippen LogP contribution in [0.2, 0.25) is 0 Å². The molecule has 0 aliphatic carbocycles. The van der Waals surface area contributed by atoms with E-state index in [9.17, 15) is 4.79 Å². The smallest absolute Gasteiger partial charge is 0.254 e. The fourth-order valence-corrected chi connectivity index (χ4v) is 2.81. The zero-order chi connectivity index (χ0) is 15.0. The van der Waals surface area contributed by atoms with Crippen LogP contribution in [-0.4, -0.2) is 34.9 Å². The van der Waals surface area contributed by atoms with Gasteiger partial charge in [0.25, 0.3) is 5.91 Å². The number of hydrogen-bond donors (Lipinski definition) is 1. The molecule has 1 saturated heterocycles. The molecule has 1 aliphatic heterocycles. The van der Waals surface area contributed by atoms with Gasteiger partial charge in [-0.1, -0.05) is 32.0 Å². The third-order valence-electron chi connectivity index (χ3n) is 4.07. The summed E-state index contributed by atoms with van der Waals surface area (Å²) in [5, 5.41) is 0.923. The summed E-state index contributed by atoms with van der Waals surface area (Å²) in [6, 6.07) is 9.89. The third kappa shape index (κ3) is 2.63. The molecule has 2 N–H and O–H groups in total. The Hall–Kier alpha value is -1.94. The molecule has 1 unspecified atom stereocenters. The topological polar surface area (TPSA) is 59.2 Å². The number of carbonyl (C=O) groups excluding carboxylic acids is 1. The number of amides is 1. The molecule has 4 heteroatoms. The van der Waals surface area contributed by atoms with Gasteiger partial charge in [-0.25, -0.2) is 0 Å². The van der Waals surface area contributed by atoms with Crippen LogP contribution >= 0.6 is 0 Å². The van der Waals surface area contributed by atoms with Crippen LogP contribution in [0.1, 0.15) is 42.2 Å². The lowest BCUT2D eigenvalue weighted by Crippen LogP contribution is -2.32. The molecule has 110 valence electrons. The minimum atomic E-state index is 0.0726. The lowest BCUT2D eigenvalue weighted by atomic mass is 10.0. The zero-order valence-corrected chi connectivity index (χ0v) is 12.5. The van der Waals surface area contributed by atoms with Gasteiger partial charge in [-0.05, 0) is 24.5 Å². The molecule has 1 atom stereocenters. The highest BCUT2D eigenvalue weighted by Crippen LogP contribution is 2.24. The molecular formula is C17H21N3O. The summed E-state index contributed by atoms with van der Waals surface area (Å²) in [7, 11) is 0. The molecule has 4 nitrogen and oxygen atoms in total. The van der Waals surface area contributed by atoms with Crippen LogP contribution in [0.3, 0.4) is 0 Å². The molecule has 3 rings (SSSR count). The summed E-state index contributed by atoms with van der Waals surface area (Å²) < 4.78 is 0. The van der Waals surface area contributed by atoms with Crippen LogP contribution in [0.15, 0.2) is 30.3 Å². The van der Waals surface area contributed by atoms with Gasteiger partial charge < -0.3 is 10.6 Å². The number of nitrogens with two attached hydrogens (primary N) is 1. The molecule has 1 aromatic carbocycles. The molecule has 1 amide bonds. The van der Waals surface area contributed by atoms with Gasteiger partial charge in [-0.15, -0.1) is 0 Å². The van der Waals surface area contributed by atoms with Gasteiger partial charge in [0, 0.05) is 30.2 Å². The largest absolute Gasteiger partial charge is 0.337 e. The van der Waals surface area contributed by atoms with Crippen molar-refractivity contribution in [1.82, 2.24) is 9.88 Å². The quantitative estimate of drug-likeness (QED) is 0.921. The number of carbonyl (C=O) groups is 1. The number of pyridine rings is 1. The third-order valence-corrected chi connectivity index (χ3v) is 4.07. The van der Waals surface area contributed by atoms with E-state index in [1.807, 2.05) is 35.2 Å². The van der Waals surface area contributed by atoms with E-state index in [1.54, 1.807) is 0 Å². The second-order valence-electron chi connectivity index (χ2n) is 6.07. The molecule has 0 saturated carbocycles. The molecule has 0 spiro atoms. The van der Waals surface area contributed by atoms with Gasteiger partial charge >= 0.3 is 0 Å². The van der Waals surface area contributed by atoms with E-state index in [-0.39, 0.29) is 11.9 Å². The SMILES string of the molecule is CC(C)c1cc(C(=O)N2CCC(N)C2)c2ccccc2n1. The number of aromatic nitrogens is 1. The van der Waals surface area contributed by atoms with Crippen molar-refractivity contribution in [3.05, 3.63) is 41.6 Å². The molecule has 1 fully saturated rings. The predicted molar refractivity (Wildman–Crippen MR) is 84.3 cm³/mol. The Morgan fingerprint density at radius 3 is 2.81 bits per heavy atom. The highest BCUT2D eigenvalue weighted by atomic mass is 16.2. The minimum absolute atomic E-state index is 0.0726. The van der Waals surface area contributed by atoms with Crippen LogP contribution in [0, 0.1) is 0 Å². The summed E-state index contributed by atoms with van der Waals surface area (Å²) in [6.07, 6.45) is 0.881. The standard InChI is InChI=1S/C17H21N3O/c1-11(2)16-9-14(13-5-3-4-6-15(13)19-16)17(21)20-8-7-12(18)10-20/h3-6,9,11-12H,7-8,10,18H2,1-2H3. The summed E-state index contributed by atoms with van der Waals surface area (Å²) in [5.74, 6) is 0.366. The Labute approximate surface area is 125 Å². The fourth-order valence-electron chi connectivity index (χ4n) is 2.81. The summed E-state index contributed by atoms with van der Waals surface area (Å²) >= 11 is 0. The number of rotatable bonds is 2. The lowest BCUT2D eigenvalue weighted by molar-refractivity contribution is 0.0792. The van der Waals surface area contributed by atoms with Gasteiger partial charge in [0.2, 0.25) is 0 Å². The first kappa shape index (κ1) is 14.0. The highest BCUT2D eigenvalue weighted by Gasteiger charge is 2.26. The maximum atomic E-state index is 12.8. The Kier molecular flexibility index (Phi) is 3.64. The first-order chi connectivity index (χ1) is 10.1. The molecule has 1 aliphatic rings. The Balaban J connectivity index is 2.09. The number of benzene rings is 1. The number of nitrogens with zero attached hydrogens (tertiary/aromatic N) is 2. The minimum Gasteiger partial charge on any atom is -0.337 e. The second-order valence-corrected chi connectivity index (χ2v) is 6.07. The molecule has 0 bridgehead atoms. The second kappa shape index (κ2) is 5.45. The van der Waals surface area contributed by atoms with Crippen LogP contribution in [-0.2, 0) is 0 Å². The van der Waals surface area contributed by atoms with Crippen molar-refractivity contribution < 1.29 is 4.79 Å². The van der Waals surface area contributed by atoms with Gasteiger partial charge in [0.15, 0.2) is 0 Å². The average molecular weight is 283 g/mol. The van der Waals surface area contributed by atoms with Crippen molar-refractivity contribution in [3.8, 4) is 0 Å². The van der Waals surface area contributed by atoms with Gasteiger partial charge in [-0.2, -0.15) is 0 Å². The molecule has 21 heavy (non-hydrogen) atoms. The van der Waals surface area contributed by atoms with Crippen molar-refractivity contribution in [2.24, 2.45) is 5.73 Å². The van der Waals surface area contributed by atoms with Gasteiger partial charge in [0.1, 0.15) is 0 Å². The Bertz CT molecular complexity index is 681. The van der Waals surface area contributed by atoms with E-state index < -0.39 is 0 Å². The maximum absolute atomic E-state index is 12.8. The molecule has 2 heterocycles. The first-order valence-electron chi connectivity index (χ1n) is 7.51. The number of fused-ring (bicyclic) bond motifs is 1. The number of likely N-dealkylation sites (tertiary alicyclic amines) is 1. The van der Waals surface area contributed by atoms with Crippen molar-refractivity contribution in [2.45, 2.75) is 32.2 Å². The van der Waals surface area contributed by atoms with E-state index in [4.69, 9.17) is 5.73 Å². The van der Waals surface area contributed by atoms with Crippen molar-refractivity contribution in [3.63, 3.8) is 0 Å². The van der Waals surface area contributed by atoms with Crippen LogP contribution in [0.25, 0.3) is 10.9 Å². The van der Waals surface area contributed by atoms with Crippen LogP contribution < -0.4 is 5.73 Å². The zero-order valence-electron chi connectivity index (χ0n) is 12.5. The fraction of sp³-hybridized carbons (Fsp3) is 0.412. The Morgan fingerprint density at radius 1 is 1.38 bits per heavy atom. The number of para-hydroxylation sites is 1. The average Bonchev–Trinajstić information content (AvgIpc) is 2.92. The molecule has 0 radical (unpaired) electrons. The summed E-state index contributed by atoms with van der Waals surface area (Å²) in [4.78, 5) is 19.3. The van der Waals surface area contributed by atoms with Crippen LogP contribution in [0.5, 0.6) is 0 Å². The highest BCUT2D eigenvalue weighted by molar-refractivity contribution is 6.06. The number of hydrogen-bond acceptors (Lipinski definition) is 3.